The normalized spacial score (nSPS) is 22.1. The van der Waals surface area contributed by atoms with Gasteiger partial charge in [-0.05, 0) is 54.2 Å². The quantitative estimate of drug-likeness (QED) is 0.301. The Kier molecular flexibility index (Phi) is 8.33. The highest BCUT2D eigenvalue weighted by Gasteiger charge is 2.27. The molecule has 0 heterocycles. The molecule has 0 spiro atoms. The molecule has 1 aromatic carbocycles. The van der Waals surface area contributed by atoms with Crippen LogP contribution in [0.1, 0.15) is 38.7 Å². The van der Waals surface area contributed by atoms with Gasteiger partial charge in [-0.15, -0.1) is 0 Å². The van der Waals surface area contributed by atoms with Crippen LogP contribution in [0.3, 0.4) is 0 Å². The van der Waals surface area contributed by atoms with Crippen molar-refractivity contribution >= 4 is 29.3 Å². The monoisotopic (exact) mass is 387 g/mol. The smallest absolute Gasteiger partial charge is 0.262 e. The molecular formula is C21H29N3O2S. The first-order valence-corrected chi connectivity index (χ1v) is 9.78. The third-order valence-electron chi connectivity index (χ3n) is 5.00. The summed E-state index contributed by atoms with van der Waals surface area (Å²) in [5.41, 5.74) is 6.27. The first-order chi connectivity index (χ1) is 13.0. The van der Waals surface area contributed by atoms with E-state index in [1.54, 1.807) is 12.2 Å². The zero-order valence-corrected chi connectivity index (χ0v) is 16.9. The van der Waals surface area contributed by atoms with Crippen molar-refractivity contribution < 1.29 is 9.53 Å². The Hall–Kier alpha value is -2.34. The van der Waals surface area contributed by atoms with Crippen molar-refractivity contribution in [1.29, 1.82) is 0 Å². The van der Waals surface area contributed by atoms with Gasteiger partial charge in [0.2, 0.25) is 0 Å². The molecule has 0 aromatic heterocycles. The second-order valence-corrected chi connectivity index (χ2v) is 7.37. The minimum Gasteiger partial charge on any atom is -0.490 e. The highest BCUT2D eigenvalue weighted by atomic mass is 32.1. The molecule has 1 saturated carbocycles. The fraction of sp³-hybridized carbons (Fsp3) is 0.429. The molecule has 1 amide bonds. The minimum atomic E-state index is -0.267. The van der Waals surface area contributed by atoms with E-state index in [9.17, 15) is 4.79 Å². The molecular weight excluding hydrogens is 358 g/mol. The fourth-order valence-electron chi connectivity index (χ4n) is 3.15. The summed E-state index contributed by atoms with van der Waals surface area (Å²) < 4.78 is 5.42. The van der Waals surface area contributed by atoms with E-state index in [0.717, 1.165) is 17.7 Å². The Morgan fingerprint density at radius 3 is 2.70 bits per heavy atom. The van der Waals surface area contributed by atoms with Crippen LogP contribution in [0, 0.1) is 11.8 Å². The first kappa shape index (κ1) is 21.0. The van der Waals surface area contributed by atoms with Gasteiger partial charge in [-0.2, -0.15) is 0 Å². The number of hydrazine groups is 1. The van der Waals surface area contributed by atoms with Gasteiger partial charge in [-0.25, -0.2) is 0 Å². The van der Waals surface area contributed by atoms with Crippen LogP contribution in [-0.2, 0) is 4.79 Å². The van der Waals surface area contributed by atoms with Crippen LogP contribution in [-0.4, -0.2) is 23.7 Å². The Balaban J connectivity index is 1.74. The highest BCUT2D eigenvalue weighted by molar-refractivity contribution is 7.80. The molecule has 3 atom stereocenters. The van der Waals surface area contributed by atoms with Crippen molar-refractivity contribution in [2.45, 2.75) is 39.2 Å². The average Bonchev–Trinajstić information content (AvgIpc) is 2.67. The lowest BCUT2D eigenvalue weighted by Gasteiger charge is -2.35. The van der Waals surface area contributed by atoms with E-state index in [4.69, 9.17) is 17.0 Å². The fourth-order valence-corrected chi connectivity index (χ4v) is 3.35. The third-order valence-corrected chi connectivity index (χ3v) is 5.22. The van der Waals surface area contributed by atoms with E-state index >= 15 is 0 Å². The van der Waals surface area contributed by atoms with Crippen LogP contribution in [0.4, 0.5) is 0 Å². The van der Waals surface area contributed by atoms with Gasteiger partial charge in [0.15, 0.2) is 5.11 Å². The largest absolute Gasteiger partial charge is 0.490 e. The molecule has 1 aromatic rings. The number of hydrogen-bond acceptors (Lipinski definition) is 3. The van der Waals surface area contributed by atoms with Crippen molar-refractivity contribution in [3.63, 3.8) is 0 Å². The molecule has 5 nitrogen and oxygen atoms in total. The van der Waals surface area contributed by atoms with Gasteiger partial charge in [-0.1, -0.05) is 51.5 Å². The molecule has 0 bridgehead atoms. The minimum absolute atomic E-state index is 0.267. The SMILES string of the molecule is C=CCOc1ccc(/C=C/C(=O)NNC(=S)N[C@H]2CCC[C@H](C)[C@H]2C)cc1. The van der Waals surface area contributed by atoms with Crippen LogP contribution in [0.15, 0.2) is 43.0 Å². The predicted molar refractivity (Wildman–Crippen MR) is 114 cm³/mol. The summed E-state index contributed by atoms with van der Waals surface area (Å²) in [7, 11) is 0. The molecule has 6 heteroatoms. The topological polar surface area (TPSA) is 62.4 Å². The summed E-state index contributed by atoms with van der Waals surface area (Å²) in [4.78, 5) is 12.0. The molecule has 146 valence electrons. The lowest BCUT2D eigenvalue weighted by Crippen LogP contribution is -2.52. The molecule has 0 saturated heterocycles. The van der Waals surface area contributed by atoms with Crippen LogP contribution >= 0.6 is 12.2 Å². The standard InChI is InChI=1S/C21H29N3O2S/c1-4-14-26-18-11-8-17(9-12-18)10-13-20(25)23-24-21(27)22-19-7-5-6-15(2)16(19)3/h4,8-13,15-16,19H,1,5-7,14H2,2-3H3,(H,23,25)(H2,22,24,27)/b13-10+/t15-,16+,19-/m0/s1. The molecule has 3 N–H and O–H groups in total. The first-order valence-electron chi connectivity index (χ1n) is 9.38. The summed E-state index contributed by atoms with van der Waals surface area (Å²) in [6.07, 6.45) is 8.46. The van der Waals surface area contributed by atoms with E-state index in [2.05, 4.69) is 36.6 Å². The molecule has 1 aliphatic carbocycles. The van der Waals surface area contributed by atoms with E-state index in [0.29, 0.717) is 29.6 Å². The van der Waals surface area contributed by atoms with Crippen LogP contribution in [0.2, 0.25) is 0 Å². The molecule has 1 fully saturated rings. The highest BCUT2D eigenvalue weighted by Crippen LogP contribution is 2.29. The van der Waals surface area contributed by atoms with Crippen molar-refractivity contribution in [2.24, 2.45) is 11.8 Å². The lowest BCUT2D eigenvalue weighted by molar-refractivity contribution is -0.116. The van der Waals surface area contributed by atoms with Gasteiger partial charge >= 0.3 is 0 Å². The van der Waals surface area contributed by atoms with E-state index in [-0.39, 0.29) is 5.91 Å². The molecule has 0 radical (unpaired) electrons. The van der Waals surface area contributed by atoms with Crippen LogP contribution in [0.5, 0.6) is 5.75 Å². The van der Waals surface area contributed by atoms with Gasteiger partial charge in [0.25, 0.3) is 5.91 Å². The molecule has 27 heavy (non-hydrogen) atoms. The van der Waals surface area contributed by atoms with E-state index < -0.39 is 0 Å². The Labute approximate surface area is 167 Å². The maximum absolute atomic E-state index is 12.0. The summed E-state index contributed by atoms with van der Waals surface area (Å²) in [6.45, 7) is 8.61. The van der Waals surface area contributed by atoms with Crippen molar-refractivity contribution in [3.8, 4) is 5.75 Å². The zero-order chi connectivity index (χ0) is 19.6. The van der Waals surface area contributed by atoms with Crippen molar-refractivity contribution in [3.05, 3.63) is 48.6 Å². The Morgan fingerprint density at radius 1 is 1.26 bits per heavy atom. The second kappa shape index (κ2) is 10.7. The van der Waals surface area contributed by atoms with Gasteiger partial charge < -0.3 is 10.1 Å². The van der Waals surface area contributed by atoms with Crippen molar-refractivity contribution in [2.75, 3.05) is 6.61 Å². The van der Waals surface area contributed by atoms with Crippen LogP contribution in [0.25, 0.3) is 6.08 Å². The predicted octanol–water partition coefficient (Wildman–Crippen LogP) is 3.58. The molecule has 1 aliphatic rings. The summed E-state index contributed by atoms with van der Waals surface area (Å²) in [5.74, 6) is 1.75. The Morgan fingerprint density at radius 2 is 2.00 bits per heavy atom. The number of ether oxygens (including phenoxy) is 1. The lowest BCUT2D eigenvalue weighted by atomic mass is 9.78. The number of benzene rings is 1. The zero-order valence-electron chi connectivity index (χ0n) is 16.0. The molecule has 0 aliphatic heterocycles. The average molecular weight is 388 g/mol. The number of thiocarbonyl (C=S) groups is 1. The van der Waals surface area contributed by atoms with E-state index in [1.165, 1.54) is 18.9 Å². The van der Waals surface area contributed by atoms with Crippen molar-refractivity contribution in [1.82, 2.24) is 16.2 Å². The Bertz CT molecular complexity index is 673. The number of nitrogens with one attached hydrogen (secondary N) is 3. The summed E-state index contributed by atoms with van der Waals surface area (Å²) in [5, 5.41) is 3.76. The van der Waals surface area contributed by atoms with Crippen LogP contribution < -0.4 is 20.9 Å². The summed E-state index contributed by atoms with van der Waals surface area (Å²) >= 11 is 5.29. The number of amides is 1. The number of carbonyl (C=O) groups excluding carboxylic acids is 1. The van der Waals surface area contributed by atoms with E-state index in [1.807, 2.05) is 24.3 Å². The van der Waals surface area contributed by atoms with Gasteiger partial charge in [0.05, 0.1) is 0 Å². The maximum Gasteiger partial charge on any atom is 0.262 e. The number of hydrogen-bond donors (Lipinski definition) is 3. The maximum atomic E-state index is 12.0. The molecule has 2 rings (SSSR count). The van der Waals surface area contributed by atoms with Gasteiger partial charge in [-0.3, -0.25) is 15.6 Å². The number of carbonyl (C=O) groups is 1. The van der Waals surface area contributed by atoms with Gasteiger partial charge in [0, 0.05) is 12.1 Å². The third kappa shape index (κ3) is 7.06. The number of rotatable bonds is 6. The molecule has 0 unspecified atom stereocenters. The second-order valence-electron chi connectivity index (χ2n) is 6.96. The van der Waals surface area contributed by atoms with Gasteiger partial charge in [0.1, 0.15) is 12.4 Å². The summed E-state index contributed by atoms with van der Waals surface area (Å²) in [6, 6.07) is 7.82.